The summed E-state index contributed by atoms with van der Waals surface area (Å²) in [6.45, 7) is 0. The van der Waals surface area contributed by atoms with Gasteiger partial charge < -0.3 is 4.74 Å². The number of fused-ring (bicyclic) bond motifs is 1. The molecular formula is C19H13BrClN3O2S2. The second-order valence-corrected chi connectivity index (χ2v) is 8.45. The molecule has 4 rings (SSSR count). The van der Waals surface area contributed by atoms with E-state index in [-0.39, 0.29) is 5.56 Å². The van der Waals surface area contributed by atoms with Crippen LogP contribution in [0.2, 0.25) is 5.02 Å². The number of hydrogen-bond donors (Lipinski definition) is 0. The van der Waals surface area contributed by atoms with Gasteiger partial charge in [0.15, 0.2) is 9.60 Å². The molecular weight excluding hydrogens is 482 g/mol. The highest BCUT2D eigenvalue weighted by molar-refractivity contribution is 9.08. The van der Waals surface area contributed by atoms with E-state index in [1.165, 1.54) is 11.3 Å². The molecule has 2 aromatic heterocycles. The molecule has 5 nitrogen and oxygen atoms in total. The average Bonchev–Trinajstić information content (AvgIpc) is 3.04. The first-order valence-corrected chi connectivity index (χ1v) is 10.9. The quantitative estimate of drug-likeness (QED) is 0.277. The van der Waals surface area contributed by atoms with Crippen LogP contribution >= 0.6 is 51.1 Å². The van der Waals surface area contributed by atoms with Crippen LogP contribution < -0.4 is 10.3 Å². The van der Waals surface area contributed by atoms with Crippen molar-refractivity contribution >= 4 is 61.4 Å². The number of rotatable bonds is 4. The van der Waals surface area contributed by atoms with E-state index >= 15 is 0 Å². The number of hydrogen-bond acceptors (Lipinski definition) is 5. The smallest absolute Gasteiger partial charge is 0.277 e. The molecule has 2 heterocycles. The number of para-hydroxylation sites is 2. The van der Waals surface area contributed by atoms with Gasteiger partial charge in [0.05, 0.1) is 23.8 Å². The molecule has 0 aliphatic carbocycles. The van der Waals surface area contributed by atoms with E-state index in [9.17, 15) is 4.79 Å². The van der Waals surface area contributed by atoms with Crippen LogP contribution in [0.15, 0.2) is 53.3 Å². The summed E-state index contributed by atoms with van der Waals surface area (Å²) in [4.78, 5) is 18.2. The molecule has 0 unspecified atom stereocenters. The standard InChI is InChI=1S/C19H13BrClN3O2S2/c1-26-14-8-3-2-7-13(14)24-15(10-20)22-17-16(18(24)25)28-19(27)23(17)12-6-4-5-11(21)9-12/h2-9H,10H2,1H3. The Morgan fingerprint density at radius 2 is 2.00 bits per heavy atom. The Kier molecular flexibility index (Phi) is 5.37. The van der Waals surface area contributed by atoms with Gasteiger partial charge in [-0.25, -0.2) is 4.98 Å². The van der Waals surface area contributed by atoms with Crippen LogP contribution in [-0.4, -0.2) is 21.2 Å². The second-order valence-electron chi connectivity index (χ2n) is 5.81. The van der Waals surface area contributed by atoms with E-state index < -0.39 is 0 Å². The van der Waals surface area contributed by atoms with Crippen molar-refractivity contribution in [3.63, 3.8) is 0 Å². The molecule has 9 heteroatoms. The van der Waals surface area contributed by atoms with Crippen LogP contribution in [0.4, 0.5) is 0 Å². The highest BCUT2D eigenvalue weighted by atomic mass is 79.9. The van der Waals surface area contributed by atoms with Gasteiger partial charge in [-0.2, -0.15) is 0 Å². The minimum Gasteiger partial charge on any atom is -0.495 e. The Hall–Kier alpha value is -2.00. The molecule has 0 saturated carbocycles. The molecule has 0 aliphatic heterocycles. The fraction of sp³-hybridized carbons (Fsp3) is 0.105. The average molecular weight is 495 g/mol. The van der Waals surface area contributed by atoms with Crippen molar-refractivity contribution in [2.45, 2.75) is 5.33 Å². The lowest BCUT2D eigenvalue weighted by atomic mass is 10.2. The van der Waals surface area contributed by atoms with E-state index in [1.54, 1.807) is 28.4 Å². The van der Waals surface area contributed by atoms with Crippen molar-refractivity contribution in [1.82, 2.24) is 14.1 Å². The Labute approximate surface area is 182 Å². The molecule has 28 heavy (non-hydrogen) atoms. The number of ether oxygens (including phenoxy) is 1. The molecule has 0 atom stereocenters. The lowest BCUT2D eigenvalue weighted by molar-refractivity contribution is 0.412. The molecule has 0 fully saturated rings. The molecule has 0 aliphatic rings. The van der Waals surface area contributed by atoms with Crippen molar-refractivity contribution < 1.29 is 4.74 Å². The van der Waals surface area contributed by atoms with Gasteiger partial charge in [0, 0.05) is 5.02 Å². The molecule has 0 amide bonds. The summed E-state index contributed by atoms with van der Waals surface area (Å²) in [6, 6.07) is 14.6. The third-order valence-corrected chi connectivity index (χ3v) is 6.28. The van der Waals surface area contributed by atoms with Crippen LogP contribution in [0.25, 0.3) is 21.7 Å². The zero-order valence-electron chi connectivity index (χ0n) is 14.6. The van der Waals surface area contributed by atoms with Gasteiger partial charge in [0.2, 0.25) is 0 Å². The van der Waals surface area contributed by atoms with Crippen LogP contribution in [0.1, 0.15) is 5.82 Å². The second kappa shape index (κ2) is 7.79. The van der Waals surface area contributed by atoms with Crippen molar-refractivity contribution in [3.8, 4) is 17.1 Å². The highest BCUT2D eigenvalue weighted by Gasteiger charge is 2.19. The first-order valence-electron chi connectivity index (χ1n) is 8.18. The van der Waals surface area contributed by atoms with Crippen molar-refractivity contribution in [2.75, 3.05) is 7.11 Å². The zero-order chi connectivity index (χ0) is 19.8. The Balaban J connectivity index is 2.08. The Bertz CT molecular complexity index is 1310. The van der Waals surface area contributed by atoms with E-state index in [0.717, 1.165) is 5.69 Å². The number of aromatic nitrogens is 3. The molecule has 2 aromatic carbocycles. The predicted octanol–water partition coefficient (Wildman–Crippen LogP) is 5.52. The van der Waals surface area contributed by atoms with Crippen LogP contribution in [0.3, 0.4) is 0 Å². The molecule has 0 radical (unpaired) electrons. The number of methoxy groups -OCH3 is 1. The van der Waals surface area contributed by atoms with Gasteiger partial charge >= 0.3 is 0 Å². The van der Waals surface area contributed by atoms with Gasteiger partial charge in [0.1, 0.15) is 16.3 Å². The largest absolute Gasteiger partial charge is 0.495 e. The van der Waals surface area contributed by atoms with E-state index in [1.807, 2.05) is 36.4 Å². The fourth-order valence-electron chi connectivity index (χ4n) is 2.99. The van der Waals surface area contributed by atoms with Crippen molar-refractivity contribution in [2.24, 2.45) is 0 Å². The maximum absolute atomic E-state index is 13.4. The normalized spacial score (nSPS) is 11.1. The van der Waals surface area contributed by atoms with E-state index in [0.29, 0.717) is 41.9 Å². The molecule has 142 valence electrons. The summed E-state index contributed by atoms with van der Waals surface area (Å²) in [6.07, 6.45) is 0. The first kappa shape index (κ1) is 19.3. The maximum atomic E-state index is 13.4. The van der Waals surface area contributed by atoms with E-state index in [4.69, 9.17) is 33.5 Å². The lowest BCUT2D eigenvalue weighted by Gasteiger charge is -2.14. The lowest BCUT2D eigenvalue weighted by Crippen LogP contribution is -2.23. The summed E-state index contributed by atoms with van der Waals surface area (Å²) in [5, 5.41) is 0.968. The minimum atomic E-state index is -0.194. The minimum absolute atomic E-state index is 0.194. The summed E-state index contributed by atoms with van der Waals surface area (Å²) in [5.74, 6) is 1.14. The summed E-state index contributed by atoms with van der Waals surface area (Å²) < 4.78 is 9.78. The Morgan fingerprint density at radius 3 is 2.71 bits per heavy atom. The van der Waals surface area contributed by atoms with Gasteiger partial charge in [-0.1, -0.05) is 57.1 Å². The van der Waals surface area contributed by atoms with Gasteiger partial charge in [-0.15, -0.1) is 0 Å². The van der Waals surface area contributed by atoms with Crippen LogP contribution in [0.5, 0.6) is 5.75 Å². The number of benzene rings is 2. The van der Waals surface area contributed by atoms with Crippen LogP contribution in [0, 0.1) is 3.95 Å². The molecule has 0 saturated heterocycles. The van der Waals surface area contributed by atoms with Gasteiger partial charge in [-0.05, 0) is 42.5 Å². The summed E-state index contributed by atoms with van der Waals surface area (Å²) in [5.41, 5.74) is 1.72. The van der Waals surface area contributed by atoms with Crippen molar-refractivity contribution in [3.05, 3.63) is 73.7 Å². The maximum Gasteiger partial charge on any atom is 0.277 e. The Morgan fingerprint density at radius 1 is 1.21 bits per heavy atom. The fourth-order valence-corrected chi connectivity index (χ4v) is 4.86. The number of halogens is 2. The summed E-state index contributed by atoms with van der Waals surface area (Å²) >= 11 is 16.4. The topological polar surface area (TPSA) is 49.0 Å². The monoisotopic (exact) mass is 493 g/mol. The SMILES string of the molecule is COc1ccccc1-n1c(CBr)nc2c(sc(=S)n2-c2cccc(Cl)c2)c1=O. The third kappa shape index (κ3) is 3.20. The van der Waals surface area contributed by atoms with Gasteiger partial charge in [-0.3, -0.25) is 13.9 Å². The molecule has 4 aromatic rings. The molecule has 0 spiro atoms. The number of alkyl halides is 1. The third-order valence-electron chi connectivity index (χ3n) is 4.19. The number of nitrogens with zero attached hydrogens (tertiary/aromatic N) is 3. The number of thiazole rings is 1. The van der Waals surface area contributed by atoms with Crippen molar-refractivity contribution in [1.29, 1.82) is 0 Å². The first-order chi connectivity index (χ1) is 13.5. The zero-order valence-corrected chi connectivity index (χ0v) is 18.5. The molecule has 0 N–H and O–H groups in total. The predicted molar refractivity (Wildman–Crippen MR) is 120 cm³/mol. The summed E-state index contributed by atoms with van der Waals surface area (Å²) in [7, 11) is 1.57. The van der Waals surface area contributed by atoms with Gasteiger partial charge in [0.25, 0.3) is 5.56 Å². The van der Waals surface area contributed by atoms with Crippen LogP contribution in [-0.2, 0) is 5.33 Å². The van der Waals surface area contributed by atoms with E-state index in [2.05, 4.69) is 15.9 Å². The highest BCUT2D eigenvalue weighted by Crippen LogP contribution is 2.28. The molecule has 0 bridgehead atoms.